The van der Waals surface area contributed by atoms with Gasteiger partial charge in [0.05, 0.1) is 6.26 Å². The van der Waals surface area contributed by atoms with Crippen molar-refractivity contribution in [2.45, 2.75) is 52.6 Å². The van der Waals surface area contributed by atoms with Gasteiger partial charge in [-0.1, -0.05) is 13.8 Å². The molecule has 1 atom stereocenters. The van der Waals surface area contributed by atoms with Crippen molar-refractivity contribution in [1.82, 2.24) is 9.62 Å². The van der Waals surface area contributed by atoms with Crippen LogP contribution in [0.5, 0.6) is 0 Å². The van der Waals surface area contributed by atoms with E-state index >= 15 is 0 Å². The lowest BCUT2D eigenvalue weighted by Crippen LogP contribution is -2.58. The molecule has 0 saturated carbocycles. The summed E-state index contributed by atoms with van der Waals surface area (Å²) in [6, 6.07) is -0.960. The van der Waals surface area contributed by atoms with Gasteiger partial charge >= 0.3 is 5.97 Å². The predicted octanol–water partition coefficient (Wildman–Crippen LogP) is 0.662. The van der Waals surface area contributed by atoms with E-state index in [1.54, 1.807) is 6.92 Å². The Morgan fingerprint density at radius 2 is 1.76 bits per heavy atom. The van der Waals surface area contributed by atoms with Crippen LogP contribution >= 0.6 is 0 Å². The zero-order valence-corrected chi connectivity index (χ0v) is 14.3. The molecule has 2 N–H and O–H groups in total. The molecular formula is C13H26N2O5S. The van der Waals surface area contributed by atoms with Crippen LogP contribution in [0.2, 0.25) is 0 Å². The highest BCUT2D eigenvalue weighted by Crippen LogP contribution is 2.18. The molecule has 0 heterocycles. The monoisotopic (exact) mass is 322 g/mol. The molecule has 0 saturated heterocycles. The lowest BCUT2D eigenvalue weighted by molar-refractivity contribution is -0.157. The third-order valence-corrected chi connectivity index (χ3v) is 3.85. The van der Waals surface area contributed by atoms with Gasteiger partial charge in [-0.25, -0.2) is 17.9 Å². The minimum absolute atomic E-state index is 0.0832. The predicted molar refractivity (Wildman–Crippen MR) is 80.3 cm³/mol. The standard InChI is InChI=1S/C13H26N2O5S/c1-7-15(13(4,5)12(17)18)11(16)10(8-9(2)3)14-21(6,19)20/h9-10,14H,7-8H2,1-6H3,(H,17,18). The zero-order valence-electron chi connectivity index (χ0n) is 13.5. The summed E-state index contributed by atoms with van der Waals surface area (Å²) in [4.78, 5) is 25.1. The van der Waals surface area contributed by atoms with Gasteiger partial charge in [0.15, 0.2) is 0 Å². The summed E-state index contributed by atoms with van der Waals surface area (Å²) < 4.78 is 25.1. The van der Waals surface area contributed by atoms with Crippen LogP contribution in [-0.4, -0.2) is 54.7 Å². The highest BCUT2D eigenvalue weighted by atomic mass is 32.2. The van der Waals surface area contributed by atoms with Gasteiger partial charge in [-0.05, 0) is 33.1 Å². The Balaban J connectivity index is 5.47. The number of likely N-dealkylation sites (N-methyl/N-ethyl adjacent to an activating group) is 1. The topological polar surface area (TPSA) is 104 Å². The molecule has 0 aromatic carbocycles. The molecule has 0 aliphatic heterocycles. The summed E-state index contributed by atoms with van der Waals surface area (Å²) in [6.45, 7) is 8.41. The molecule has 0 radical (unpaired) electrons. The average Bonchev–Trinajstić information content (AvgIpc) is 2.25. The van der Waals surface area contributed by atoms with Crippen LogP contribution in [0, 0.1) is 5.92 Å². The summed E-state index contributed by atoms with van der Waals surface area (Å²) in [5, 5.41) is 9.26. The van der Waals surface area contributed by atoms with Crippen LogP contribution in [-0.2, 0) is 19.6 Å². The van der Waals surface area contributed by atoms with Crippen molar-refractivity contribution in [1.29, 1.82) is 0 Å². The summed E-state index contributed by atoms with van der Waals surface area (Å²) in [5.41, 5.74) is -1.40. The SMILES string of the molecule is CCN(C(=O)C(CC(C)C)NS(C)(=O)=O)C(C)(C)C(=O)O. The Labute approximate surface area is 126 Å². The summed E-state index contributed by atoms with van der Waals surface area (Å²) >= 11 is 0. The number of aliphatic carboxylic acids is 1. The fraction of sp³-hybridized carbons (Fsp3) is 0.846. The molecular weight excluding hydrogens is 296 g/mol. The zero-order chi connectivity index (χ0) is 17.0. The number of rotatable bonds is 8. The third-order valence-electron chi connectivity index (χ3n) is 3.14. The van der Waals surface area contributed by atoms with Crippen LogP contribution in [0.15, 0.2) is 0 Å². The number of nitrogens with one attached hydrogen (secondary N) is 1. The number of carboxylic acids is 1. The van der Waals surface area contributed by atoms with Gasteiger partial charge in [-0.3, -0.25) is 4.79 Å². The Hall–Kier alpha value is -1.15. The van der Waals surface area contributed by atoms with Crippen molar-refractivity contribution >= 4 is 21.9 Å². The first kappa shape index (κ1) is 19.9. The highest BCUT2D eigenvalue weighted by Gasteiger charge is 2.40. The van der Waals surface area contributed by atoms with Crippen molar-refractivity contribution in [3.05, 3.63) is 0 Å². The van der Waals surface area contributed by atoms with E-state index in [2.05, 4.69) is 4.72 Å². The molecule has 0 aliphatic carbocycles. The molecule has 0 rings (SSSR count). The van der Waals surface area contributed by atoms with E-state index in [-0.39, 0.29) is 12.5 Å². The molecule has 0 bridgehead atoms. The molecule has 0 aromatic rings. The average molecular weight is 322 g/mol. The Morgan fingerprint density at radius 1 is 1.29 bits per heavy atom. The summed E-state index contributed by atoms with van der Waals surface area (Å²) in [7, 11) is -3.57. The van der Waals surface area contributed by atoms with Crippen molar-refractivity contribution in [2.24, 2.45) is 5.92 Å². The van der Waals surface area contributed by atoms with Gasteiger partial charge in [0.1, 0.15) is 11.6 Å². The van der Waals surface area contributed by atoms with E-state index in [0.29, 0.717) is 6.42 Å². The number of nitrogens with zero attached hydrogens (tertiary/aromatic N) is 1. The second kappa shape index (κ2) is 7.22. The molecule has 0 aromatic heterocycles. The molecule has 124 valence electrons. The number of amides is 1. The highest BCUT2D eigenvalue weighted by molar-refractivity contribution is 7.88. The maximum absolute atomic E-state index is 12.6. The number of carboxylic acid groups (broad SMARTS) is 1. The van der Waals surface area contributed by atoms with Crippen molar-refractivity contribution < 1.29 is 23.1 Å². The van der Waals surface area contributed by atoms with E-state index in [1.165, 1.54) is 18.7 Å². The minimum Gasteiger partial charge on any atom is -0.480 e. The Bertz CT molecular complexity index is 485. The fourth-order valence-corrected chi connectivity index (χ4v) is 2.77. The van der Waals surface area contributed by atoms with E-state index in [9.17, 15) is 23.1 Å². The van der Waals surface area contributed by atoms with Gasteiger partial charge in [0, 0.05) is 6.54 Å². The van der Waals surface area contributed by atoms with Crippen LogP contribution in [0.4, 0.5) is 0 Å². The van der Waals surface area contributed by atoms with Gasteiger partial charge in [-0.15, -0.1) is 0 Å². The summed E-state index contributed by atoms with van der Waals surface area (Å²) in [5.74, 6) is -1.58. The van der Waals surface area contributed by atoms with Gasteiger partial charge in [0.2, 0.25) is 15.9 Å². The number of carbonyl (C=O) groups is 2. The van der Waals surface area contributed by atoms with Crippen molar-refractivity contribution in [3.63, 3.8) is 0 Å². The largest absolute Gasteiger partial charge is 0.480 e. The number of hydrogen-bond donors (Lipinski definition) is 2. The first-order valence-corrected chi connectivity index (χ1v) is 8.74. The van der Waals surface area contributed by atoms with Crippen LogP contribution in [0.3, 0.4) is 0 Å². The van der Waals surface area contributed by atoms with Crippen LogP contribution in [0.25, 0.3) is 0 Å². The number of sulfonamides is 1. The molecule has 21 heavy (non-hydrogen) atoms. The van der Waals surface area contributed by atoms with Gasteiger partial charge in [-0.2, -0.15) is 0 Å². The molecule has 1 amide bonds. The van der Waals surface area contributed by atoms with Crippen molar-refractivity contribution in [2.75, 3.05) is 12.8 Å². The molecule has 1 unspecified atom stereocenters. The number of hydrogen-bond acceptors (Lipinski definition) is 4. The molecule has 7 nitrogen and oxygen atoms in total. The van der Waals surface area contributed by atoms with Crippen LogP contribution < -0.4 is 4.72 Å². The minimum atomic E-state index is -3.57. The van der Waals surface area contributed by atoms with Crippen molar-refractivity contribution in [3.8, 4) is 0 Å². The maximum atomic E-state index is 12.6. The normalized spacial score (nSPS) is 14.0. The Kier molecular flexibility index (Phi) is 6.82. The lowest BCUT2D eigenvalue weighted by Gasteiger charge is -2.37. The molecule has 8 heteroatoms. The van der Waals surface area contributed by atoms with E-state index in [1.807, 2.05) is 13.8 Å². The first-order chi connectivity index (χ1) is 9.32. The molecule has 0 spiro atoms. The van der Waals surface area contributed by atoms with Crippen LogP contribution in [0.1, 0.15) is 41.0 Å². The fourth-order valence-electron chi connectivity index (χ4n) is 2.06. The van der Waals surface area contributed by atoms with E-state index < -0.39 is 33.5 Å². The summed E-state index contributed by atoms with van der Waals surface area (Å²) in [6.07, 6.45) is 1.28. The lowest BCUT2D eigenvalue weighted by atomic mass is 9.98. The second-order valence-corrected chi connectivity index (χ2v) is 7.80. The first-order valence-electron chi connectivity index (χ1n) is 6.85. The Morgan fingerprint density at radius 3 is 2.05 bits per heavy atom. The third kappa shape index (κ3) is 6.01. The van der Waals surface area contributed by atoms with Gasteiger partial charge < -0.3 is 10.0 Å². The maximum Gasteiger partial charge on any atom is 0.329 e. The molecule has 0 fully saturated rings. The number of carbonyl (C=O) groups excluding carboxylic acids is 1. The smallest absolute Gasteiger partial charge is 0.329 e. The van der Waals surface area contributed by atoms with E-state index in [0.717, 1.165) is 6.26 Å². The second-order valence-electron chi connectivity index (χ2n) is 6.02. The molecule has 0 aliphatic rings. The van der Waals surface area contributed by atoms with Gasteiger partial charge in [0.25, 0.3) is 0 Å². The van der Waals surface area contributed by atoms with E-state index in [4.69, 9.17) is 0 Å². The quantitative estimate of drug-likeness (QED) is 0.683.